The summed E-state index contributed by atoms with van der Waals surface area (Å²) < 4.78 is 6.36. The van der Waals surface area contributed by atoms with Gasteiger partial charge in [0, 0.05) is 17.8 Å². The average molecular weight is 474 g/mol. The van der Waals surface area contributed by atoms with Gasteiger partial charge in [-0.2, -0.15) is 0 Å². The lowest BCUT2D eigenvalue weighted by Gasteiger charge is -2.13. The van der Waals surface area contributed by atoms with E-state index in [1.54, 1.807) is 19.1 Å². The number of non-ortho nitro benzene ring substituents is 1. The first-order valence-electron chi connectivity index (χ1n) is 8.51. The third kappa shape index (κ3) is 5.07. The van der Waals surface area contributed by atoms with Gasteiger partial charge in [0.1, 0.15) is 5.75 Å². The quantitative estimate of drug-likeness (QED) is 0.316. The number of anilines is 1. The van der Waals surface area contributed by atoms with Crippen molar-refractivity contribution >= 4 is 61.3 Å². The minimum Gasteiger partial charge on any atom is -0.483 e. The molecule has 0 saturated carbocycles. The van der Waals surface area contributed by atoms with E-state index in [0.29, 0.717) is 11.4 Å². The van der Waals surface area contributed by atoms with Crippen LogP contribution < -0.4 is 15.4 Å². The van der Waals surface area contributed by atoms with Gasteiger partial charge < -0.3 is 10.1 Å². The van der Waals surface area contributed by atoms with Crippen molar-refractivity contribution < 1.29 is 14.5 Å². The van der Waals surface area contributed by atoms with E-state index in [1.165, 1.54) is 12.1 Å². The van der Waals surface area contributed by atoms with Crippen molar-refractivity contribution in [2.24, 2.45) is 0 Å². The molecule has 3 aromatic rings. The molecule has 0 atom stereocenters. The molecule has 0 aliphatic carbocycles. The molecule has 0 aliphatic rings. The Morgan fingerprint density at radius 2 is 1.97 bits per heavy atom. The third-order valence-corrected chi connectivity index (χ3v) is 5.14. The van der Waals surface area contributed by atoms with E-state index in [2.05, 4.69) is 26.6 Å². The maximum absolute atomic E-state index is 12.2. The highest BCUT2D eigenvalue weighted by Crippen LogP contribution is 2.33. The van der Waals surface area contributed by atoms with E-state index in [4.69, 9.17) is 17.0 Å². The molecule has 3 aromatic carbocycles. The standard InChI is InChI=1S/C20H16BrN3O4S/c1-12-6-8-14(24(26)27)10-16(12)22-20(29)23-18(25)11-28-17-9-7-13-4-2-3-5-15(13)19(17)21/h2-10H,11H2,1H3,(H2,22,23,25,29). The largest absolute Gasteiger partial charge is 0.483 e. The van der Waals surface area contributed by atoms with E-state index in [0.717, 1.165) is 20.8 Å². The lowest BCUT2D eigenvalue weighted by molar-refractivity contribution is -0.384. The molecule has 0 radical (unpaired) electrons. The van der Waals surface area contributed by atoms with Crippen molar-refractivity contribution in [3.63, 3.8) is 0 Å². The number of carbonyl (C=O) groups excluding carboxylic acids is 1. The van der Waals surface area contributed by atoms with Gasteiger partial charge in [-0.3, -0.25) is 20.2 Å². The van der Waals surface area contributed by atoms with Crippen LogP contribution in [0.15, 0.2) is 59.1 Å². The molecule has 0 heterocycles. The molecule has 0 saturated heterocycles. The van der Waals surface area contributed by atoms with Crippen LogP contribution in [0.25, 0.3) is 10.8 Å². The Labute approximate surface area is 180 Å². The fourth-order valence-electron chi connectivity index (χ4n) is 2.64. The Morgan fingerprint density at radius 3 is 2.72 bits per heavy atom. The van der Waals surface area contributed by atoms with Crippen LogP contribution in [0.4, 0.5) is 11.4 Å². The van der Waals surface area contributed by atoms with Gasteiger partial charge in [0.15, 0.2) is 11.7 Å². The second kappa shape index (κ2) is 8.97. The summed E-state index contributed by atoms with van der Waals surface area (Å²) in [6.07, 6.45) is 0. The van der Waals surface area contributed by atoms with Gasteiger partial charge >= 0.3 is 0 Å². The zero-order chi connectivity index (χ0) is 21.0. The molecule has 148 valence electrons. The van der Waals surface area contributed by atoms with Gasteiger partial charge in [-0.15, -0.1) is 0 Å². The Morgan fingerprint density at radius 1 is 1.21 bits per heavy atom. The number of nitrogens with zero attached hydrogens (tertiary/aromatic N) is 1. The van der Waals surface area contributed by atoms with Crippen LogP contribution in [-0.2, 0) is 4.79 Å². The Balaban J connectivity index is 1.60. The topological polar surface area (TPSA) is 93.5 Å². The molecular weight excluding hydrogens is 458 g/mol. The summed E-state index contributed by atoms with van der Waals surface area (Å²) in [4.78, 5) is 22.6. The summed E-state index contributed by atoms with van der Waals surface area (Å²) in [7, 11) is 0. The first-order valence-corrected chi connectivity index (χ1v) is 9.71. The molecule has 0 unspecified atom stereocenters. The molecule has 0 aromatic heterocycles. The molecule has 3 rings (SSSR count). The smallest absolute Gasteiger partial charge is 0.271 e. The number of hydrogen-bond acceptors (Lipinski definition) is 5. The van der Waals surface area contributed by atoms with Gasteiger partial charge in [0.25, 0.3) is 11.6 Å². The number of thiocarbonyl (C=S) groups is 1. The molecular formula is C20H16BrN3O4S. The van der Waals surface area contributed by atoms with E-state index >= 15 is 0 Å². The van der Waals surface area contributed by atoms with E-state index in [9.17, 15) is 14.9 Å². The molecule has 2 N–H and O–H groups in total. The first kappa shape index (κ1) is 20.7. The molecule has 0 fully saturated rings. The van der Waals surface area contributed by atoms with Gasteiger partial charge in [0.2, 0.25) is 0 Å². The van der Waals surface area contributed by atoms with Gasteiger partial charge in [-0.05, 0) is 57.5 Å². The van der Waals surface area contributed by atoms with Crippen molar-refractivity contribution in [3.05, 3.63) is 74.7 Å². The van der Waals surface area contributed by atoms with Crippen LogP contribution in [0.2, 0.25) is 0 Å². The fraction of sp³-hybridized carbons (Fsp3) is 0.100. The zero-order valence-electron chi connectivity index (χ0n) is 15.3. The minimum absolute atomic E-state index is 0.0276. The summed E-state index contributed by atoms with van der Waals surface area (Å²) in [5, 5.41) is 18.3. The number of amides is 1. The highest BCUT2D eigenvalue weighted by molar-refractivity contribution is 9.10. The number of fused-ring (bicyclic) bond motifs is 1. The number of ether oxygens (including phenoxy) is 1. The minimum atomic E-state index is -0.499. The number of nitro groups is 1. The molecule has 29 heavy (non-hydrogen) atoms. The maximum atomic E-state index is 12.2. The summed E-state index contributed by atoms with van der Waals surface area (Å²) in [5.41, 5.74) is 1.13. The van der Waals surface area contributed by atoms with Crippen molar-refractivity contribution in [1.29, 1.82) is 0 Å². The summed E-state index contributed by atoms with van der Waals surface area (Å²) in [5.74, 6) is 0.0814. The number of benzene rings is 3. The number of nitro benzene ring substituents is 1. The lowest BCUT2D eigenvalue weighted by atomic mass is 10.1. The third-order valence-electron chi connectivity index (χ3n) is 4.12. The summed E-state index contributed by atoms with van der Waals surface area (Å²) in [6.45, 7) is 1.53. The van der Waals surface area contributed by atoms with Crippen molar-refractivity contribution in [2.45, 2.75) is 6.92 Å². The van der Waals surface area contributed by atoms with Gasteiger partial charge in [-0.1, -0.05) is 36.4 Å². The Kier molecular flexibility index (Phi) is 6.40. The highest BCUT2D eigenvalue weighted by Gasteiger charge is 2.12. The molecule has 0 bridgehead atoms. The molecule has 9 heteroatoms. The number of rotatable bonds is 5. The number of nitrogens with one attached hydrogen (secondary N) is 2. The van der Waals surface area contributed by atoms with E-state index < -0.39 is 10.8 Å². The van der Waals surface area contributed by atoms with Crippen LogP contribution in [-0.4, -0.2) is 22.5 Å². The number of hydrogen-bond donors (Lipinski definition) is 2. The Bertz CT molecular complexity index is 1120. The fourth-order valence-corrected chi connectivity index (χ4v) is 3.47. The summed E-state index contributed by atoms with van der Waals surface area (Å²) in [6, 6.07) is 15.8. The molecule has 7 nitrogen and oxygen atoms in total. The number of aryl methyl sites for hydroxylation is 1. The SMILES string of the molecule is Cc1ccc([N+](=O)[O-])cc1NC(=S)NC(=O)COc1ccc2ccccc2c1Br. The second-order valence-electron chi connectivity index (χ2n) is 6.15. The van der Waals surface area contributed by atoms with Crippen molar-refractivity contribution in [1.82, 2.24) is 5.32 Å². The number of carbonyl (C=O) groups is 1. The van der Waals surface area contributed by atoms with Gasteiger partial charge in [0.05, 0.1) is 9.40 Å². The lowest BCUT2D eigenvalue weighted by Crippen LogP contribution is -2.37. The monoisotopic (exact) mass is 473 g/mol. The maximum Gasteiger partial charge on any atom is 0.271 e. The van der Waals surface area contributed by atoms with Crippen molar-refractivity contribution in [3.8, 4) is 5.75 Å². The van der Waals surface area contributed by atoms with Crippen LogP contribution in [0.5, 0.6) is 5.75 Å². The van der Waals surface area contributed by atoms with Crippen LogP contribution >= 0.6 is 28.1 Å². The molecule has 0 spiro atoms. The van der Waals surface area contributed by atoms with Crippen LogP contribution in [0.3, 0.4) is 0 Å². The zero-order valence-corrected chi connectivity index (χ0v) is 17.7. The van der Waals surface area contributed by atoms with Gasteiger partial charge in [-0.25, -0.2) is 0 Å². The molecule has 1 amide bonds. The van der Waals surface area contributed by atoms with E-state index in [1.807, 2.05) is 30.3 Å². The van der Waals surface area contributed by atoms with Crippen molar-refractivity contribution in [2.75, 3.05) is 11.9 Å². The average Bonchev–Trinajstić information content (AvgIpc) is 2.69. The number of halogens is 1. The predicted octanol–water partition coefficient (Wildman–Crippen LogP) is 4.71. The van der Waals surface area contributed by atoms with Crippen LogP contribution in [0, 0.1) is 17.0 Å². The second-order valence-corrected chi connectivity index (χ2v) is 7.35. The van der Waals surface area contributed by atoms with E-state index in [-0.39, 0.29) is 17.4 Å². The Hall–Kier alpha value is -3.04. The normalized spacial score (nSPS) is 10.4. The highest BCUT2D eigenvalue weighted by atomic mass is 79.9. The molecule has 0 aliphatic heterocycles. The predicted molar refractivity (Wildman–Crippen MR) is 119 cm³/mol. The first-order chi connectivity index (χ1) is 13.8. The summed E-state index contributed by atoms with van der Waals surface area (Å²) >= 11 is 8.63. The van der Waals surface area contributed by atoms with Crippen LogP contribution in [0.1, 0.15) is 5.56 Å².